The quantitative estimate of drug-likeness (QED) is 0.202. The molecule has 7 heteroatoms. The minimum absolute atomic E-state index is 0.0393. The van der Waals surface area contributed by atoms with Crippen LogP contribution in [0, 0.1) is 0 Å². The smallest absolute Gasteiger partial charge is 0.258 e. The summed E-state index contributed by atoms with van der Waals surface area (Å²) in [4.78, 5) is 13.3. The lowest BCUT2D eigenvalue weighted by atomic mass is 10.1. The van der Waals surface area contributed by atoms with E-state index in [0.29, 0.717) is 6.54 Å². The second-order valence-electron chi connectivity index (χ2n) is 3.61. The minimum Gasteiger partial charge on any atom is -0.508 e. The van der Waals surface area contributed by atoms with Crippen LogP contribution in [0.2, 0.25) is 0 Å². The lowest BCUT2D eigenvalue weighted by Gasteiger charge is -2.20. The third-order valence-electron chi connectivity index (χ3n) is 2.36. The topological polar surface area (TPSA) is 119 Å². The van der Waals surface area contributed by atoms with E-state index >= 15 is 0 Å². The van der Waals surface area contributed by atoms with Gasteiger partial charge in [0.05, 0.1) is 12.1 Å². The summed E-state index contributed by atoms with van der Waals surface area (Å²) in [5.74, 6) is -1.01. The Morgan fingerprint density at radius 1 is 1.44 bits per heavy atom. The first-order valence-electron chi connectivity index (χ1n) is 5.27. The molecule has 0 spiro atoms. The summed E-state index contributed by atoms with van der Waals surface area (Å²) in [6, 6.07) is 3.65. The largest absolute Gasteiger partial charge is 0.508 e. The van der Waals surface area contributed by atoms with Gasteiger partial charge < -0.3 is 26.1 Å². The Morgan fingerprint density at radius 3 is 2.67 bits per heavy atom. The standard InChI is InChI=1S/C11H15N3O4/c1-2-14(6-10(12)13-18)11(17)8-5-7(15)3-4-9(8)16/h3-5,15-16,18H,2,6H2,1H3,(H2,12,13). The van der Waals surface area contributed by atoms with Gasteiger partial charge in [-0.1, -0.05) is 5.16 Å². The van der Waals surface area contributed by atoms with Crippen molar-refractivity contribution in [2.45, 2.75) is 6.92 Å². The van der Waals surface area contributed by atoms with Crippen LogP contribution in [-0.4, -0.2) is 45.2 Å². The number of carbonyl (C=O) groups is 1. The summed E-state index contributed by atoms with van der Waals surface area (Å²) in [5.41, 5.74) is 5.29. The Hall–Kier alpha value is -2.44. The van der Waals surface area contributed by atoms with Crippen molar-refractivity contribution >= 4 is 11.7 Å². The second-order valence-corrected chi connectivity index (χ2v) is 3.61. The molecule has 98 valence electrons. The number of aromatic hydroxyl groups is 2. The molecule has 0 aromatic heterocycles. The minimum atomic E-state index is -0.516. The van der Waals surface area contributed by atoms with Gasteiger partial charge in [-0.2, -0.15) is 0 Å². The van der Waals surface area contributed by atoms with Gasteiger partial charge in [0.2, 0.25) is 0 Å². The molecular formula is C11H15N3O4. The Balaban J connectivity index is 3.00. The number of amidine groups is 1. The summed E-state index contributed by atoms with van der Waals surface area (Å²) in [6.07, 6.45) is 0. The van der Waals surface area contributed by atoms with Crippen molar-refractivity contribution in [3.05, 3.63) is 23.8 Å². The SMILES string of the molecule is CCN(C/C(N)=N/O)C(=O)c1cc(O)ccc1O. The zero-order valence-electron chi connectivity index (χ0n) is 9.87. The maximum absolute atomic E-state index is 12.1. The number of likely N-dealkylation sites (N-methyl/N-ethyl adjacent to an activating group) is 1. The molecule has 7 nitrogen and oxygen atoms in total. The number of rotatable bonds is 4. The zero-order valence-corrected chi connectivity index (χ0v) is 9.87. The summed E-state index contributed by atoms with van der Waals surface area (Å²) in [7, 11) is 0. The fourth-order valence-corrected chi connectivity index (χ4v) is 1.42. The molecule has 0 aliphatic heterocycles. The van der Waals surface area contributed by atoms with Crippen LogP contribution in [0.3, 0.4) is 0 Å². The molecule has 1 amide bonds. The van der Waals surface area contributed by atoms with Gasteiger partial charge in [0.15, 0.2) is 5.84 Å². The molecule has 0 unspecified atom stereocenters. The molecule has 0 saturated heterocycles. The van der Waals surface area contributed by atoms with Gasteiger partial charge in [-0.25, -0.2) is 0 Å². The second kappa shape index (κ2) is 5.76. The van der Waals surface area contributed by atoms with E-state index in [9.17, 15) is 15.0 Å². The molecule has 5 N–H and O–H groups in total. The molecule has 1 rings (SSSR count). The van der Waals surface area contributed by atoms with Crippen molar-refractivity contribution < 1.29 is 20.2 Å². The Labute approximate surface area is 104 Å². The number of nitrogens with zero attached hydrogens (tertiary/aromatic N) is 2. The average molecular weight is 253 g/mol. The highest BCUT2D eigenvalue weighted by atomic mass is 16.4. The predicted octanol–water partition coefficient (Wildman–Crippen LogP) is 0.306. The zero-order chi connectivity index (χ0) is 13.7. The summed E-state index contributed by atoms with van der Waals surface area (Å²) in [5, 5.41) is 30.1. The fraction of sp³-hybridized carbons (Fsp3) is 0.273. The van der Waals surface area contributed by atoms with E-state index in [2.05, 4.69) is 5.16 Å². The Bertz CT molecular complexity index is 473. The number of benzene rings is 1. The number of nitrogens with two attached hydrogens (primary N) is 1. The first-order valence-corrected chi connectivity index (χ1v) is 5.27. The van der Waals surface area contributed by atoms with Crippen molar-refractivity contribution in [3.63, 3.8) is 0 Å². The van der Waals surface area contributed by atoms with E-state index in [-0.39, 0.29) is 29.4 Å². The molecule has 0 aliphatic carbocycles. The number of oxime groups is 1. The summed E-state index contributed by atoms with van der Waals surface area (Å²) < 4.78 is 0. The lowest BCUT2D eigenvalue weighted by molar-refractivity contribution is 0.0782. The summed E-state index contributed by atoms with van der Waals surface area (Å²) >= 11 is 0. The molecule has 0 heterocycles. The fourth-order valence-electron chi connectivity index (χ4n) is 1.42. The number of hydrogen-bond acceptors (Lipinski definition) is 5. The van der Waals surface area contributed by atoms with E-state index in [1.165, 1.54) is 17.0 Å². The molecule has 0 saturated carbocycles. The van der Waals surface area contributed by atoms with Crippen LogP contribution in [0.25, 0.3) is 0 Å². The molecule has 1 aromatic rings. The van der Waals surface area contributed by atoms with Crippen LogP contribution in [0.4, 0.5) is 0 Å². The first kappa shape index (κ1) is 13.6. The molecule has 0 atom stereocenters. The van der Waals surface area contributed by atoms with Gasteiger partial charge in [0.1, 0.15) is 11.5 Å². The number of hydrogen-bond donors (Lipinski definition) is 4. The van der Waals surface area contributed by atoms with E-state index in [1.54, 1.807) is 6.92 Å². The third-order valence-corrected chi connectivity index (χ3v) is 2.36. The normalized spacial score (nSPS) is 11.3. The van der Waals surface area contributed by atoms with Crippen molar-refractivity contribution in [1.29, 1.82) is 0 Å². The third kappa shape index (κ3) is 3.03. The van der Waals surface area contributed by atoms with Gasteiger partial charge in [-0.3, -0.25) is 4.79 Å². The maximum atomic E-state index is 12.1. The van der Waals surface area contributed by atoms with Crippen molar-refractivity contribution in [3.8, 4) is 11.5 Å². The van der Waals surface area contributed by atoms with Crippen LogP contribution in [-0.2, 0) is 0 Å². The number of carbonyl (C=O) groups excluding carboxylic acids is 1. The molecule has 1 aromatic carbocycles. The van der Waals surface area contributed by atoms with E-state index in [4.69, 9.17) is 10.9 Å². The van der Waals surface area contributed by atoms with Crippen molar-refractivity contribution in [2.75, 3.05) is 13.1 Å². The van der Waals surface area contributed by atoms with Crippen LogP contribution >= 0.6 is 0 Å². The van der Waals surface area contributed by atoms with Crippen LogP contribution in [0.1, 0.15) is 17.3 Å². The Kier molecular flexibility index (Phi) is 4.36. The average Bonchev–Trinajstić information content (AvgIpc) is 2.37. The highest BCUT2D eigenvalue weighted by Crippen LogP contribution is 2.23. The van der Waals surface area contributed by atoms with Gasteiger partial charge in [-0.15, -0.1) is 0 Å². The number of amides is 1. The monoisotopic (exact) mass is 253 g/mol. The lowest BCUT2D eigenvalue weighted by Crippen LogP contribution is -2.38. The first-order chi connectivity index (χ1) is 8.49. The number of phenolic OH excluding ortho intramolecular Hbond substituents is 2. The highest BCUT2D eigenvalue weighted by molar-refractivity contribution is 5.99. The van der Waals surface area contributed by atoms with Gasteiger partial charge >= 0.3 is 0 Å². The maximum Gasteiger partial charge on any atom is 0.258 e. The van der Waals surface area contributed by atoms with Crippen LogP contribution in [0.5, 0.6) is 11.5 Å². The van der Waals surface area contributed by atoms with Crippen LogP contribution < -0.4 is 5.73 Å². The predicted molar refractivity (Wildman–Crippen MR) is 64.8 cm³/mol. The van der Waals surface area contributed by atoms with Crippen molar-refractivity contribution in [2.24, 2.45) is 10.9 Å². The molecule has 0 bridgehead atoms. The van der Waals surface area contributed by atoms with Gasteiger partial charge in [0.25, 0.3) is 5.91 Å². The van der Waals surface area contributed by atoms with Gasteiger partial charge in [0, 0.05) is 6.54 Å². The molecule has 18 heavy (non-hydrogen) atoms. The molecule has 0 aliphatic rings. The summed E-state index contributed by atoms with van der Waals surface area (Å²) in [6.45, 7) is 1.95. The Morgan fingerprint density at radius 2 is 2.11 bits per heavy atom. The molecule has 0 radical (unpaired) electrons. The van der Waals surface area contributed by atoms with Crippen LogP contribution in [0.15, 0.2) is 23.4 Å². The molecule has 0 fully saturated rings. The highest BCUT2D eigenvalue weighted by Gasteiger charge is 2.19. The van der Waals surface area contributed by atoms with Crippen molar-refractivity contribution in [1.82, 2.24) is 4.90 Å². The van der Waals surface area contributed by atoms with E-state index < -0.39 is 5.91 Å². The number of phenols is 2. The van der Waals surface area contributed by atoms with E-state index in [1.807, 2.05) is 0 Å². The van der Waals surface area contributed by atoms with E-state index in [0.717, 1.165) is 6.07 Å². The van der Waals surface area contributed by atoms with Gasteiger partial charge in [-0.05, 0) is 25.1 Å². The molecular weight excluding hydrogens is 238 g/mol.